The average molecular weight is 187 g/mol. The minimum atomic E-state index is -1.20. The SMILES string of the molecule is O=C(O)OC1CCCC2NNCN21. The molecular formula is C7H13N3O3. The van der Waals surface area contributed by atoms with Gasteiger partial charge in [-0.05, 0) is 19.3 Å². The quantitative estimate of drug-likeness (QED) is 0.497. The first kappa shape index (κ1) is 8.74. The second-order valence-corrected chi connectivity index (χ2v) is 3.28. The molecule has 2 saturated heterocycles. The van der Waals surface area contributed by atoms with E-state index in [2.05, 4.69) is 10.9 Å². The van der Waals surface area contributed by atoms with Crippen LogP contribution in [-0.2, 0) is 4.74 Å². The molecule has 2 unspecified atom stereocenters. The van der Waals surface area contributed by atoms with Gasteiger partial charge in [0.2, 0.25) is 0 Å². The molecule has 74 valence electrons. The number of piperidine rings is 1. The van der Waals surface area contributed by atoms with E-state index in [0.717, 1.165) is 19.3 Å². The molecule has 13 heavy (non-hydrogen) atoms. The molecule has 2 rings (SSSR count). The van der Waals surface area contributed by atoms with Gasteiger partial charge in [-0.2, -0.15) is 0 Å². The van der Waals surface area contributed by atoms with Crippen molar-refractivity contribution in [2.45, 2.75) is 31.7 Å². The molecule has 6 nitrogen and oxygen atoms in total. The molecule has 0 aromatic heterocycles. The van der Waals surface area contributed by atoms with Crippen molar-refractivity contribution in [3.05, 3.63) is 0 Å². The molecule has 2 atom stereocenters. The van der Waals surface area contributed by atoms with E-state index < -0.39 is 6.16 Å². The zero-order valence-corrected chi connectivity index (χ0v) is 7.19. The van der Waals surface area contributed by atoms with Crippen LogP contribution in [0.4, 0.5) is 4.79 Å². The molecule has 2 aliphatic rings. The van der Waals surface area contributed by atoms with Gasteiger partial charge in [0.25, 0.3) is 0 Å². The Labute approximate surface area is 75.8 Å². The van der Waals surface area contributed by atoms with Crippen LogP contribution in [0.2, 0.25) is 0 Å². The fourth-order valence-corrected chi connectivity index (χ4v) is 1.88. The molecule has 3 N–H and O–H groups in total. The van der Waals surface area contributed by atoms with Crippen LogP contribution in [0.15, 0.2) is 0 Å². The van der Waals surface area contributed by atoms with Gasteiger partial charge in [0.1, 0.15) is 0 Å². The van der Waals surface area contributed by atoms with Gasteiger partial charge in [0.15, 0.2) is 6.23 Å². The van der Waals surface area contributed by atoms with Crippen LogP contribution >= 0.6 is 0 Å². The Morgan fingerprint density at radius 2 is 2.38 bits per heavy atom. The Balaban J connectivity index is 1.97. The van der Waals surface area contributed by atoms with E-state index in [1.807, 2.05) is 4.90 Å². The number of hydrogen-bond acceptors (Lipinski definition) is 5. The predicted molar refractivity (Wildman–Crippen MR) is 43.5 cm³/mol. The van der Waals surface area contributed by atoms with Crippen molar-refractivity contribution in [1.82, 2.24) is 15.8 Å². The van der Waals surface area contributed by atoms with Gasteiger partial charge in [-0.25, -0.2) is 20.5 Å². The largest absolute Gasteiger partial charge is 0.507 e. The zero-order chi connectivity index (χ0) is 9.26. The Morgan fingerprint density at radius 1 is 1.54 bits per heavy atom. The van der Waals surface area contributed by atoms with E-state index in [1.165, 1.54) is 0 Å². The molecule has 2 fully saturated rings. The number of nitrogens with zero attached hydrogens (tertiary/aromatic N) is 1. The van der Waals surface area contributed by atoms with E-state index in [-0.39, 0.29) is 12.4 Å². The third-order valence-electron chi connectivity index (χ3n) is 2.47. The smallest absolute Gasteiger partial charge is 0.450 e. The third-order valence-corrected chi connectivity index (χ3v) is 2.47. The van der Waals surface area contributed by atoms with Gasteiger partial charge in [0, 0.05) is 0 Å². The highest BCUT2D eigenvalue weighted by Crippen LogP contribution is 2.23. The lowest BCUT2D eigenvalue weighted by atomic mass is 10.1. The summed E-state index contributed by atoms with van der Waals surface area (Å²) in [7, 11) is 0. The van der Waals surface area contributed by atoms with Crippen molar-refractivity contribution in [2.24, 2.45) is 0 Å². The number of carbonyl (C=O) groups is 1. The first-order valence-corrected chi connectivity index (χ1v) is 4.41. The maximum absolute atomic E-state index is 10.4. The van der Waals surface area contributed by atoms with E-state index in [9.17, 15) is 4.79 Å². The molecule has 0 aromatic carbocycles. The van der Waals surface area contributed by atoms with Crippen molar-refractivity contribution in [2.75, 3.05) is 6.67 Å². The summed E-state index contributed by atoms with van der Waals surface area (Å²) in [5, 5.41) is 8.50. The molecule has 0 saturated carbocycles. The number of ether oxygens (including phenoxy) is 1. The molecule has 0 amide bonds. The van der Waals surface area contributed by atoms with Crippen molar-refractivity contribution >= 4 is 6.16 Å². The second kappa shape index (κ2) is 3.49. The maximum Gasteiger partial charge on any atom is 0.507 e. The normalized spacial score (nSPS) is 34.2. The fraction of sp³-hybridized carbons (Fsp3) is 0.857. The van der Waals surface area contributed by atoms with Gasteiger partial charge >= 0.3 is 6.16 Å². The van der Waals surface area contributed by atoms with Gasteiger partial charge < -0.3 is 9.84 Å². The summed E-state index contributed by atoms with van der Waals surface area (Å²) in [6, 6.07) is 0. The molecule has 2 aliphatic heterocycles. The van der Waals surface area contributed by atoms with Crippen LogP contribution in [0.25, 0.3) is 0 Å². The van der Waals surface area contributed by atoms with Crippen LogP contribution in [-0.4, -0.2) is 35.2 Å². The molecule has 0 aliphatic carbocycles. The summed E-state index contributed by atoms with van der Waals surface area (Å²) in [4.78, 5) is 12.4. The summed E-state index contributed by atoms with van der Waals surface area (Å²) in [5.41, 5.74) is 6.04. The average Bonchev–Trinajstić information content (AvgIpc) is 2.51. The summed E-state index contributed by atoms with van der Waals surface area (Å²) in [6.07, 6.45) is 1.54. The Morgan fingerprint density at radius 3 is 3.15 bits per heavy atom. The molecular weight excluding hydrogens is 174 g/mol. The van der Waals surface area contributed by atoms with Crippen LogP contribution in [0.5, 0.6) is 0 Å². The summed E-state index contributed by atoms with van der Waals surface area (Å²) >= 11 is 0. The number of rotatable bonds is 1. The first-order chi connectivity index (χ1) is 6.27. The minimum Gasteiger partial charge on any atom is -0.450 e. The number of nitrogens with one attached hydrogen (secondary N) is 2. The molecule has 0 radical (unpaired) electrons. The topological polar surface area (TPSA) is 73.8 Å². The van der Waals surface area contributed by atoms with Crippen molar-refractivity contribution in [3.8, 4) is 0 Å². The molecule has 0 bridgehead atoms. The third kappa shape index (κ3) is 1.74. The fourth-order valence-electron chi connectivity index (χ4n) is 1.88. The minimum absolute atomic E-state index is 0.220. The lowest BCUT2D eigenvalue weighted by molar-refractivity contribution is -0.0665. The van der Waals surface area contributed by atoms with E-state index in [4.69, 9.17) is 9.84 Å². The standard InChI is InChI=1S/C7H13N3O3/c11-7(12)13-6-3-1-2-5-9-8-4-10(5)6/h5-6,8-9H,1-4H2,(H,11,12). The Bertz CT molecular complexity index is 211. The summed E-state index contributed by atoms with van der Waals surface area (Å²) < 4.78 is 4.77. The number of hydrogen-bond donors (Lipinski definition) is 3. The highest BCUT2D eigenvalue weighted by molar-refractivity contribution is 5.57. The Hall–Kier alpha value is -0.850. The van der Waals surface area contributed by atoms with Crippen LogP contribution < -0.4 is 10.9 Å². The van der Waals surface area contributed by atoms with Crippen molar-refractivity contribution in [1.29, 1.82) is 0 Å². The molecule has 0 spiro atoms. The molecule has 0 aromatic rings. The van der Waals surface area contributed by atoms with Crippen molar-refractivity contribution < 1.29 is 14.6 Å². The monoisotopic (exact) mass is 187 g/mol. The van der Waals surface area contributed by atoms with E-state index in [0.29, 0.717) is 6.67 Å². The van der Waals surface area contributed by atoms with Gasteiger partial charge in [-0.1, -0.05) is 0 Å². The van der Waals surface area contributed by atoms with Gasteiger partial charge in [-0.3, -0.25) is 0 Å². The number of hydrazine groups is 1. The maximum atomic E-state index is 10.4. The highest BCUT2D eigenvalue weighted by atomic mass is 16.7. The number of fused-ring (bicyclic) bond motifs is 1. The zero-order valence-electron chi connectivity index (χ0n) is 7.19. The summed E-state index contributed by atoms with van der Waals surface area (Å²) in [5.74, 6) is 0. The van der Waals surface area contributed by atoms with Crippen LogP contribution in [0.3, 0.4) is 0 Å². The van der Waals surface area contributed by atoms with Gasteiger partial charge in [-0.15, -0.1) is 0 Å². The number of carboxylic acid groups (broad SMARTS) is 1. The lowest BCUT2D eigenvalue weighted by Crippen LogP contribution is -2.47. The van der Waals surface area contributed by atoms with Crippen LogP contribution in [0.1, 0.15) is 19.3 Å². The molecule has 2 heterocycles. The first-order valence-electron chi connectivity index (χ1n) is 4.41. The molecule has 6 heteroatoms. The highest BCUT2D eigenvalue weighted by Gasteiger charge is 2.35. The predicted octanol–water partition coefficient (Wildman–Crippen LogP) is -0.116. The van der Waals surface area contributed by atoms with Crippen LogP contribution in [0, 0.1) is 0 Å². The Kier molecular flexibility index (Phi) is 2.34. The van der Waals surface area contributed by atoms with E-state index in [1.54, 1.807) is 0 Å². The van der Waals surface area contributed by atoms with E-state index >= 15 is 0 Å². The van der Waals surface area contributed by atoms with Crippen molar-refractivity contribution in [3.63, 3.8) is 0 Å². The van der Waals surface area contributed by atoms with Gasteiger partial charge in [0.05, 0.1) is 12.8 Å². The second-order valence-electron chi connectivity index (χ2n) is 3.28. The lowest BCUT2D eigenvalue weighted by Gasteiger charge is -2.34. The summed E-state index contributed by atoms with van der Waals surface area (Å²) in [6.45, 7) is 0.641.